The fourth-order valence-electron chi connectivity index (χ4n) is 4.26. The zero-order chi connectivity index (χ0) is 30.0. The molecule has 6 nitrogen and oxygen atoms in total. The number of benzene rings is 4. The van der Waals surface area contributed by atoms with Crippen LogP contribution in [0.5, 0.6) is 0 Å². The van der Waals surface area contributed by atoms with Gasteiger partial charge >= 0.3 is 5.97 Å². The van der Waals surface area contributed by atoms with Crippen molar-refractivity contribution in [2.75, 3.05) is 6.54 Å². The van der Waals surface area contributed by atoms with Crippen molar-refractivity contribution in [2.24, 2.45) is 5.16 Å². The molecule has 4 aromatic carbocycles. The Morgan fingerprint density at radius 3 is 1.82 bits per heavy atom. The molecule has 5 rings (SSSR count). The third-order valence-electron chi connectivity index (χ3n) is 6.26. The lowest BCUT2D eigenvalue weighted by atomic mass is 9.95. The third kappa shape index (κ3) is 5.82. The van der Waals surface area contributed by atoms with Gasteiger partial charge < -0.3 is 4.84 Å². The van der Waals surface area contributed by atoms with Crippen LogP contribution in [0.2, 0.25) is 5.02 Å². The molecule has 2 amide bonds. The summed E-state index contributed by atoms with van der Waals surface area (Å²) in [6, 6.07) is 22.3. The van der Waals surface area contributed by atoms with Crippen LogP contribution in [0.25, 0.3) is 0 Å². The molecule has 40 heavy (non-hydrogen) atoms. The number of hydrogen-bond acceptors (Lipinski definition) is 5. The van der Waals surface area contributed by atoms with E-state index in [4.69, 9.17) is 19.2 Å². The first-order valence-corrected chi connectivity index (χ1v) is 12.5. The number of rotatable bonds is 8. The van der Waals surface area contributed by atoms with Crippen LogP contribution in [0, 0.1) is 11.6 Å². The minimum absolute atomic E-state index is 0.0162. The van der Waals surface area contributed by atoms with Crippen molar-refractivity contribution < 1.29 is 30.7 Å². The van der Waals surface area contributed by atoms with Gasteiger partial charge in [-0.3, -0.25) is 14.5 Å². The van der Waals surface area contributed by atoms with E-state index < -0.39 is 48.3 Å². The van der Waals surface area contributed by atoms with Crippen molar-refractivity contribution in [3.05, 3.63) is 142 Å². The number of carbonyl (C=O) groups is 3. The SMILES string of the molecule is [2H]C([2H])(C(=O)ON=C(c1ccc(F)cc1)c1ccc(F)cc1)C(CN1C(=O)c2ccccc2C1=O)c1ccc(Cl)cc1. The molecule has 1 atom stereocenters. The Labute approximate surface area is 236 Å². The maximum Gasteiger partial charge on any atom is 0.335 e. The monoisotopic (exact) mass is 560 g/mol. The predicted molar refractivity (Wildman–Crippen MR) is 145 cm³/mol. The van der Waals surface area contributed by atoms with Gasteiger partial charge in [-0.1, -0.05) is 41.0 Å². The lowest BCUT2D eigenvalue weighted by Gasteiger charge is -2.22. The Balaban J connectivity index is 1.48. The fourth-order valence-corrected chi connectivity index (χ4v) is 4.39. The Morgan fingerprint density at radius 2 is 1.32 bits per heavy atom. The second-order valence-corrected chi connectivity index (χ2v) is 9.28. The molecular formula is C31H21ClF2N2O4. The Kier molecular flexibility index (Phi) is 7.06. The largest absolute Gasteiger partial charge is 0.335 e. The molecule has 4 aromatic rings. The molecule has 0 fully saturated rings. The maximum absolute atomic E-state index is 13.6. The lowest BCUT2D eigenvalue weighted by Crippen LogP contribution is -2.34. The van der Waals surface area contributed by atoms with Crippen molar-refractivity contribution in [1.82, 2.24) is 4.90 Å². The van der Waals surface area contributed by atoms with Gasteiger partial charge in [-0.05, 0) is 78.4 Å². The Bertz CT molecular complexity index is 1610. The highest BCUT2D eigenvalue weighted by molar-refractivity contribution is 6.30. The Hall–Kier alpha value is -4.69. The summed E-state index contributed by atoms with van der Waals surface area (Å²) < 4.78 is 44.7. The van der Waals surface area contributed by atoms with E-state index in [-0.39, 0.29) is 22.4 Å². The number of fused-ring (bicyclic) bond motifs is 1. The summed E-state index contributed by atoms with van der Waals surface area (Å²) in [5.74, 6) is -5.08. The van der Waals surface area contributed by atoms with Crippen LogP contribution in [0.4, 0.5) is 8.78 Å². The van der Waals surface area contributed by atoms with Crippen LogP contribution in [-0.2, 0) is 9.63 Å². The molecule has 0 radical (unpaired) electrons. The van der Waals surface area contributed by atoms with Gasteiger partial charge in [0.25, 0.3) is 11.8 Å². The molecule has 0 saturated heterocycles. The molecule has 0 aliphatic carbocycles. The average Bonchev–Trinajstić information content (AvgIpc) is 3.22. The maximum atomic E-state index is 13.6. The molecular weight excluding hydrogens is 538 g/mol. The van der Waals surface area contributed by atoms with Crippen molar-refractivity contribution in [1.29, 1.82) is 0 Å². The van der Waals surface area contributed by atoms with E-state index in [0.29, 0.717) is 16.1 Å². The number of imide groups is 1. The summed E-state index contributed by atoms with van der Waals surface area (Å²) in [6.45, 7) is -0.484. The van der Waals surface area contributed by atoms with Crippen LogP contribution in [0.15, 0.2) is 102 Å². The van der Waals surface area contributed by atoms with Gasteiger partial charge in [0.15, 0.2) is 0 Å². The molecule has 1 aliphatic rings. The van der Waals surface area contributed by atoms with Crippen molar-refractivity contribution >= 4 is 35.1 Å². The minimum atomic E-state index is -2.82. The molecule has 1 aliphatic heterocycles. The van der Waals surface area contributed by atoms with Gasteiger partial charge in [0.05, 0.1) is 17.5 Å². The highest BCUT2D eigenvalue weighted by atomic mass is 35.5. The highest BCUT2D eigenvalue weighted by Gasteiger charge is 2.37. The normalized spacial score (nSPS) is 14.2. The number of carbonyl (C=O) groups excluding carboxylic acids is 3. The van der Waals surface area contributed by atoms with Gasteiger partial charge in [0, 0.05) is 31.4 Å². The van der Waals surface area contributed by atoms with Crippen molar-refractivity contribution in [3.63, 3.8) is 0 Å². The smallest absolute Gasteiger partial charge is 0.318 e. The summed E-state index contributed by atoms with van der Waals surface area (Å²) in [5.41, 5.74) is 1.27. The first-order valence-electron chi connectivity index (χ1n) is 13.1. The average molecular weight is 561 g/mol. The number of oxime groups is 1. The number of halogens is 3. The lowest BCUT2D eigenvalue weighted by molar-refractivity contribution is -0.144. The van der Waals surface area contributed by atoms with E-state index in [1.54, 1.807) is 12.1 Å². The van der Waals surface area contributed by atoms with Crippen LogP contribution < -0.4 is 0 Å². The molecule has 200 valence electrons. The van der Waals surface area contributed by atoms with Crippen LogP contribution >= 0.6 is 11.6 Å². The van der Waals surface area contributed by atoms with Gasteiger partial charge in [0.1, 0.15) is 17.3 Å². The van der Waals surface area contributed by atoms with E-state index in [2.05, 4.69) is 5.16 Å². The number of hydrogen-bond donors (Lipinski definition) is 0. The molecule has 0 spiro atoms. The molecule has 0 bridgehead atoms. The van der Waals surface area contributed by atoms with E-state index in [0.717, 1.165) is 29.2 Å². The molecule has 0 aromatic heterocycles. The zero-order valence-corrected chi connectivity index (χ0v) is 21.4. The second-order valence-electron chi connectivity index (χ2n) is 8.85. The van der Waals surface area contributed by atoms with Crippen LogP contribution in [-0.4, -0.2) is 34.9 Å². The van der Waals surface area contributed by atoms with E-state index in [1.807, 2.05) is 0 Å². The second kappa shape index (κ2) is 11.6. The van der Waals surface area contributed by atoms with Crippen molar-refractivity contribution in [3.8, 4) is 0 Å². The van der Waals surface area contributed by atoms with E-state index in [9.17, 15) is 23.2 Å². The van der Waals surface area contributed by atoms with Gasteiger partial charge in [-0.25, -0.2) is 13.6 Å². The molecule has 1 heterocycles. The van der Waals surface area contributed by atoms with E-state index >= 15 is 0 Å². The summed E-state index contributed by atoms with van der Waals surface area (Å²) in [4.78, 5) is 45.5. The topological polar surface area (TPSA) is 76.0 Å². The summed E-state index contributed by atoms with van der Waals surface area (Å²) in [5, 5.41) is 4.24. The van der Waals surface area contributed by atoms with Crippen molar-refractivity contribution in [2.45, 2.75) is 12.3 Å². The Morgan fingerprint density at radius 1 is 0.825 bits per heavy atom. The van der Waals surface area contributed by atoms with Gasteiger partial charge in [-0.2, -0.15) is 0 Å². The zero-order valence-electron chi connectivity index (χ0n) is 22.7. The fraction of sp³-hybridized carbons (Fsp3) is 0.0968. The number of amides is 2. The first-order chi connectivity index (χ1) is 20.1. The molecule has 0 N–H and O–H groups in total. The van der Waals surface area contributed by atoms with Gasteiger partial charge in [-0.15, -0.1) is 0 Å². The van der Waals surface area contributed by atoms with Gasteiger partial charge in [0.2, 0.25) is 0 Å². The number of nitrogens with zero attached hydrogens (tertiary/aromatic N) is 2. The van der Waals surface area contributed by atoms with Crippen LogP contribution in [0.3, 0.4) is 0 Å². The first kappa shape index (κ1) is 24.4. The summed E-state index contributed by atoms with van der Waals surface area (Å²) in [7, 11) is 0. The quantitative estimate of drug-likeness (QED) is 0.108. The molecule has 1 unspecified atom stereocenters. The van der Waals surface area contributed by atoms with E-state index in [1.165, 1.54) is 60.7 Å². The summed E-state index contributed by atoms with van der Waals surface area (Å²) >= 11 is 6.02. The predicted octanol–water partition coefficient (Wildman–Crippen LogP) is 6.38. The molecule has 0 saturated carbocycles. The summed E-state index contributed by atoms with van der Waals surface area (Å²) in [6.07, 6.45) is -2.82. The van der Waals surface area contributed by atoms with Crippen LogP contribution in [0.1, 0.15) is 52.4 Å². The third-order valence-corrected chi connectivity index (χ3v) is 6.51. The molecule has 9 heteroatoms. The highest BCUT2D eigenvalue weighted by Crippen LogP contribution is 2.29. The minimum Gasteiger partial charge on any atom is -0.318 e. The standard InChI is InChI=1S/C31H21ClF2N2O4/c32-23-11-5-19(6-12-23)22(18-36-30(38)26-3-1-2-4-27(26)31(36)39)17-28(37)40-35-29(20-7-13-24(33)14-8-20)21-9-15-25(34)16-10-21/h1-16,22H,17-18H2/i17D2.